The number of rotatable bonds is 9. The van der Waals surface area contributed by atoms with Crippen molar-refractivity contribution in [3.05, 3.63) is 65.8 Å². The molecule has 2 heterocycles. The molecule has 0 aliphatic heterocycles. The number of aromatic nitrogens is 4. The SMILES string of the molecule is COc1ccc(CNCCNC(C)c2cc(C)nc(-n3ccnc3)n2)cc1F. The van der Waals surface area contributed by atoms with Crippen molar-refractivity contribution in [3.8, 4) is 11.7 Å². The molecule has 0 saturated carbocycles. The first-order valence-electron chi connectivity index (χ1n) is 9.17. The number of hydrogen-bond donors (Lipinski definition) is 2. The second-order valence-corrected chi connectivity index (χ2v) is 6.53. The molecule has 0 fully saturated rings. The van der Waals surface area contributed by atoms with E-state index >= 15 is 0 Å². The summed E-state index contributed by atoms with van der Waals surface area (Å²) in [5.74, 6) is 0.525. The molecule has 0 aliphatic carbocycles. The van der Waals surface area contributed by atoms with Crippen LogP contribution < -0.4 is 15.4 Å². The zero-order valence-corrected chi connectivity index (χ0v) is 16.3. The molecule has 0 spiro atoms. The first-order valence-corrected chi connectivity index (χ1v) is 9.17. The number of imidazole rings is 1. The molecule has 3 rings (SSSR count). The highest BCUT2D eigenvalue weighted by atomic mass is 19.1. The Hall–Kier alpha value is -2.84. The van der Waals surface area contributed by atoms with Crippen molar-refractivity contribution in [1.29, 1.82) is 0 Å². The van der Waals surface area contributed by atoms with Crippen LogP contribution >= 0.6 is 0 Å². The van der Waals surface area contributed by atoms with Crippen molar-refractivity contribution in [3.63, 3.8) is 0 Å². The number of ether oxygens (including phenoxy) is 1. The van der Waals surface area contributed by atoms with Crippen molar-refractivity contribution in [1.82, 2.24) is 30.2 Å². The minimum Gasteiger partial charge on any atom is -0.494 e. The molecule has 3 aromatic rings. The molecule has 7 nitrogen and oxygen atoms in total. The number of benzene rings is 1. The molecule has 1 atom stereocenters. The third-order valence-electron chi connectivity index (χ3n) is 4.34. The highest BCUT2D eigenvalue weighted by Gasteiger charge is 2.10. The summed E-state index contributed by atoms with van der Waals surface area (Å²) in [6.07, 6.45) is 5.21. The number of aryl methyl sites for hydroxylation is 1. The first-order chi connectivity index (χ1) is 13.6. The van der Waals surface area contributed by atoms with Gasteiger partial charge < -0.3 is 15.4 Å². The van der Waals surface area contributed by atoms with E-state index in [1.807, 2.05) is 25.3 Å². The van der Waals surface area contributed by atoms with Gasteiger partial charge in [0, 0.05) is 43.8 Å². The molecule has 1 aromatic carbocycles. The lowest BCUT2D eigenvalue weighted by molar-refractivity contribution is 0.386. The maximum atomic E-state index is 13.7. The number of methoxy groups -OCH3 is 1. The lowest BCUT2D eigenvalue weighted by Crippen LogP contribution is -2.29. The van der Waals surface area contributed by atoms with Gasteiger partial charge in [0.25, 0.3) is 0 Å². The maximum absolute atomic E-state index is 13.7. The third kappa shape index (κ3) is 5.11. The number of nitrogens with zero attached hydrogens (tertiary/aromatic N) is 4. The van der Waals surface area contributed by atoms with Crippen LogP contribution in [-0.2, 0) is 6.54 Å². The molecule has 148 valence electrons. The van der Waals surface area contributed by atoms with Crippen LogP contribution in [0.1, 0.15) is 29.9 Å². The van der Waals surface area contributed by atoms with Gasteiger partial charge in [0.2, 0.25) is 5.95 Å². The molecule has 0 bridgehead atoms. The summed E-state index contributed by atoms with van der Waals surface area (Å²) in [5, 5.41) is 6.75. The lowest BCUT2D eigenvalue weighted by atomic mass is 10.2. The Kier molecular flexibility index (Phi) is 6.67. The van der Waals surface area contributed by atoms with Crippen LogP contribution in [0.3, 0.4) is 0 Å². The summed E-state index contributed by atoms with van der Waals surface area (Å²) in [6.45, 7) is 6.11. The summed E-state index contributed by atoms with van der Waals surface area (Å²) in [6, 6.07) is 7.03. The Labute approximate surface area is 164 Å². The molecule has 2 N–H and O–H groups in total. The Morgan fingerprint density at radius 1 is 1.21 bits per heavy atom. The predicted molar refractivity (Wildman–Crippen MR) is 105 cm³/mol. The average Bonchev–Trinajstić information content (AvgIpc) is 3.22. The predicted octanol–water partition coefficient (Wildman–Crippen LogP) is 2.56. The van der Waals surface area contributed by atoms with Gasteiger partial charge in [-0.25, -0.2) is 19.3 Å². The highest BCUT2D eigenvalue weighted by Crippen LogP contribution is 2.17. The van der Waals surface area contributed by atoms with Gasteiger partial charge >= 0.3 is 0 Å². The standard InChI is InChI=1S/C20H25FN6O/c1-14-10-18(26-20(25-14)27-9-8-23-13-27)15(2)24-7-6-22-12-16-4-5-19(28-3)17(21)11-16/h4-5,8-11,13,15,22,24H,6-7,12H2,1-3H3. The lowest BCUT2D eigenvalue weighted by Gasteiger charge is -2.15. The van der Waals surface area contributed by atoms with Crippen LogP contribution in [0.5, 0.6) is 5.75 Å². The number of nitrogens with one attached hydrogen (secondary N) is 2. The van der Waals surface area contributed by atoms with E-state index in [-0.39, 0.29) is 17.6 Å². The molecule has 0 radical (unpaired) electrons. The van der Waals surface area contributed by atoms with Gasteiger partial charge in [0.05, 0.1) is 12.8 Å². The van der Waals surface area contributed by atoms with Gasteiger partial charge in [-0.1, -0.05) is 6.07 Å². The van der Waals surface area contributed by atoms with Gasteiger partial charge in [-0.2, -0.15) is 0 Å². The summed E-state index contributed by atoms with van der Waals surface area (Å²) in [5.41, 5.74) is 2.71. The maximum Gasteiger partial charge on any atom is 0.235 e. The van der Waals surface area contributed by atoms with Gasteiger partial charge in [0.1, 0.15) is 6.33 Å². The fourth-order valence-electron chi connectivity index (χ4n) is 2.83. The van der Waals surface area contributed by atoms with Gasteiger partial charge in [0.15, 0.2) is 11.6 Å². The fraction of sp³-hybridized carbons (Fsp3) is 0.350. The Bertz CT molecular complexity index is 900. The largest absolute Gasteiger partial charge is 0.494 e. The Balaban J connectivity index is 1.48. The molecule has 2 aromatic heterocycles. The van der Waals surface area contributed by atoms with Crippen LogP contribution in [0, 0.1) is 12.7 Å². The van der Waals surface area contributed by atoms with Crippen molar-refractivity contribution >= 4 is 0 Å². The Morgan fingerprint density at radius 2 is 2.07 bits per heavy atom. The molecule has 28 heavy (non-hydrogen) atoms. The van der Waals surface area contributed by atoms with Gasteiger partial charge in [-0.15, -0.1) is 0 Å². The minimum absolute atomic E-state index is 0.0733. The smallest absolute Gasteiger partial charge is 0.235 e. The molecular formula is C20H25FN6O. The third-order valence-corrected chi connectivity index (χ3v) is 4.34. The van der Waals surface area contributed by atoms with Crippen molar-refractivity contribution in [2.45, 2.75) is 26.4 Å². The topological polar surface area (TPSA) is 76.9 Å². The van der Waals surface area contributed by atoms with Crippen LogP contribution in [0.4, 0.5) is 4.39 Å². The molecule has 0 aliphatic rings. The van der Waals surface area contributed by atoms with Crippen molar-refractivity contribution in [2.24, 2.45) is 0 Å². The van der Waals surface area contributed by atoms with E-state index in [1.54, 1.807) is 23.2 Å². The van der Waals surface area contributed by atoms with E-state index in [4.69, 9.17) is 4.74 Å². The van der Waals surface area contributed by atoms with Gasteiger partial charge in [-0.3, -0.25) is 4.57 Å². The average molecular weight is 384 g/mol. The van der Waals surface area contributed by atoms with Crippen LogP contribution in [-0.4, -0.2) is 39.7 Å². The molecule has 0 amide bonds. The summed E-state index contributed by atoms with van der Waals surface area (Å²) < 4.78 is 20.4. The van der Waals surface area contributed by atoms with Crippen LogP contribution in [0.25, 0.3) is 5.95 Å². The van der Waals surface area contributed by atoms with Crippen molar-refractivity contribution < 1.29 is 9.13 Å². The van der Waals surface area contributed by atoms with Gasteiger partial charge in [-0.05, 0) is 37.6 Å². The molecular weight excluding hydrogens is 359 g/mol. The van der Waals surface area contributed by atoms with E-state index in [9.17, 15) is 4.39 Å². The van der Waals surface area contributed by atoms with Crippen molar-refractivity contribution in [2.75, 3.05) is 20.2 Å². The van der Waals surface area contributed by atoms with E-state index in [0.717, 1.165) is 30.0 Å². The number of hydrogen-bond acceptors (Lipinski definition) is 6. The monoisotopic (exact) mass is 384 g/mol. The van der Waals surface area contributed by atoms with E-state index < -0.39 is 0 Å². The summed E-state index contributed by atoms with van der Waals surface area (Å²) >= 11 is 0. The van der Waals surface area contributed by atoms with E-state index in [2.05, 4.69) is 32.5 Å². The normalized spacial score (nSPS) is 12.1. The van der Waals surface area contributed by atoms with Crippen LogP contribution in [0.2, 0.25) is 0 Å². The van der Waals surface area contributed by atoms with Crippen LogP contribution in [0.15, 0.2) is 43.0 Å². The molecule has 0 saturated heterocycles. The van der Waals surface area contributed by atoms with E-state index in [1.165, 1.54) is 13.2 Å². The second-order valence-electron chi connectivity index (χ2n) is 6.53. The number of halogens is 1. The molecule has 8 heteroatoms. The highest BCUT2D eigenvalue weighted by molar-refractivity contribution is 5.29. The summed E-state index contributed by atoms with van der Waals surface area (Å²) in [7, 11) is 1.46. The quantitative estimate of drug-likeness (QED) is 0.552. The zero-order chi connectivity index (χ0) is 19.9. The summed E-state index contributed by atoms with van der Waals surface area (Å²) in [4.78, 5) is 13.1. The van der Waals surface area contributed by atoms with E-state index in [0.29, 0.717) is 12.5 Å². The minimum atomic E-state index is -0.346. The zero-order valence-electron chi connectivity index (χ0n) is 16.3. The molecule has 1 unspecified atom stereocenters. The first kappa shape index (κ1) is 19.9. The fourth-order valence-corrected chi connectivity index (χ4v) is 2.83. The Morgan fingerprint density at radius 3 is 2.79 bits per heavy atom. The second kappa shape index (κ2) is 9.38.